The number of rotatable bonds is 3. The number of nitrogens with zero attached hydrogens (tertiary/aromatic N) is 1. The van der Waals surface area contributed by atoms with Crippen LogP contribution in [-0.4, -0.2) is 50.5 Å². The molecule has 1 atom stereocenters. The van der Waals surface area contributed by atoms with Crippen LogP contribution in [0.4, 0.5) is 4.79 Å². The third-order valence-corrected chi connectivity index (χ3v) is 3.03. The lowest BCUT2D eigenvalue weighted by Gasteiger charge is -2.22. The van der Waals surface area contributed by atoms with Gasteiger partial charge in [-0.1, -0.05) is 30.3 Å². The Morgan fingerprint density at radius 2 is 2.21 bits per heavy atom. The minimum Gasteiger partial charge on any atom is -0.445 e. The quantitative estimate of drug-likeness (QED) is 0.834. The Bertz CT molecular complexity index is 396. The van der Waals surface area contributed by atoms with E-state index in [-0.39, 0.29) is 18.8 Å². The van der Waals surface area contributed by atoms with Gasteiger partial charge in [0.2, 0.25) is 0 Å². The highest BCUT2D eigenvalue weighted by atomic mass is 16.6. The molecule has 1 saturated heterocycles. The van der Waals surface area contributed by atoms with Gasteiger partial charge in [0.25, 0.3) is 0 Å². The van der Waals surface area contributed by atoms with Crippen molar-refractivity contribution in [2.24, 2.45) is 0 Å². The fourth-order valence-electron chi connectivity index (χ4n) is 1.90. The number of ether oxygens (including phenoxy) is 3. The van der Waals surface area contributed by atoms with E-state index >= 15 is 0 Å². The number of carbonyl (C=O) groups excluding carboxylic acids is 1. The lowest BCUT2D eigenvalue weighted by atomic mass is 10.2. The maximum absolute atomic E-state index is 12.0. The molecule has 0 radical (unpaired) electrons. The first-order valence-corrected chi connectivity index (χ1v) is 6.36. The molecule has 5 heteroatoms. The summed E-state index contributed by atoms with van der Waals surface area (Å²) >= 11 is 0. The Labute approximate surface area is 113 Å². The fraction of sp³-hybridized carbons (Fsp3) is 0.500. The highest BCUT2D eigenvalue weighted by Gasteiger charge is 2.23. The maximum Gasteiger partial charge on any atom is 0.410 e. The Morgan fingerprint density at radius 1 is 1.42 bits per heavy atom. The predicted octanol–water partition coefficient (Wildman–Crippen LogP) is 1.67. The number of amides is 1. The first kappa shape index (κ1) is 13.8. The Kier molecular flexibility index (Phi) is 5.18. The molecule has 0 N–H and O–H groups in total. The molecule has 0 saturated carbocycles. The average molecular weight is 265 g/mol. The molecule has 0 aliphatic carbocycles. The zero-order valence-electron chi connectivity index (χ0n) is 11.1. The van der Waals surface area contributed by atoms with Gasteiger partial charge in [-0.25, -0.2) is 4.79 Å². The number of methoxy groups -OCH3 is 1. The van der Waals surface area contributed by atoms with E-state index in [2.05, 4.69) is 0 Å². The standard InChI is InChI=1S/C14H19NO4/c1-17-13-9-15(7-8-18-11-13)14(16)19-10-12-5-3-2-4-6-12/h2-6,13H,7-11H2,1H3. The van der Waals surface area contributed by atoms with Crippen molar-refractivity contribution in [1.82, 2.24) is 4.90 Å². The van der Waals surface area contributed by atoms with Crippen molar-refractivity contribution in [3.05, 3.63) is 35.9 Å². The molecule has 19 heavy (non-hydrogen) atoms. The van der Waals surface area contributed by atoms with Gasteiger partial charge in [0, 0.05) is 13.7 Å². The van der Waals surface area contributed by atoms with E-state index in [1.807, 2.05) is 30.3 Å². The normalized spacial score (nSPS) is 19.8. The minimum absolute atomic E-state index is 0.0909. The third-order valence-electron chi connectivity index (χ3n) is 3.03. The molecule has 1 amide bonds. The molecular formula is C14H19NO4. The van der Waals surface area contributed by atoms with Crippen LogP contribution in [0.2, 0.25) is 0 Å². The van der Waals surface area contributed by atoms with Gasteiger partial charge in [-0.3, -0.25) is 0 Å². The molecule has 2 rings (SSSR count). The van der Waals surface area contributed by atoms with Crippen LogP contribution in [0.3, 0.4) is 0 Å². The molecule has 0 aromatic heterocycles. The monoisotopic (exact) mass is 265 g/mol. The lowest BCUT2D eigenvalue weighted by Crippen LogP contribution is -2.38. The topological polar surface area (TPSA) is 48.0 Å². The fourth-order valence-corrected chi connectivity index (χ4v) is 1.90. The van der Waals surface area contributed by atoms with Crippen LogP contribution in [-0.2, 0) is 20.8 Å². The summed E-state index contributed by atoms with van der Waals surface area (Å²) in [5, 5.41) is 0. The molecule has 1 heterocycles. The van der Waals surface area contributed by atoms with E-state index in [0.29, 0.717) is 26.3 Å². The highest BCUT2D eigenvalue weighted by Crippen LogP contribution is 2.07. The summed E-state index contributed by atoms with van der Waals surface area (Å²) in [5.74, 6) is 0. The Hall–Kier alpha value is -1.59. The molecule has 1 aromatic carbocycles. The van der Waals surface area contributed by atoms with Crippen LogP contribution in [0.15, 0.2) is 30.3 Å². The van der Waals surface area contributed by atoms with E-state index in [1.165, 1.54) is 0 Å². The zero-order chi connectivity index (χ0) is 13.5. The smallest absolute Gasteiger partial charge is 0.410 e. The number of carbonyl (C=O) groups is 1. The molecule has 0 spiro atoms. The lowest BCUT2D eigenvalue weighted by molar-refractivity contribution is 0.0215. The predicted molar refractivity (Wildman–Crippen MR) is 69.8 cm³/mol. The number of hydrogen-bond donors (Lipinski definition) is 0. The third kappa shape index (κ3) is 4.22. The van der Waals surface area contributed by atoms with Gasteiger partial charge in [0.15, 0.2) is 0 Å². The van der Waals surface area contributed by atoms with Crippen LogP contribution in [0.25, 0.3) is 0 Å². The summed E-state index contributed by atoms with van der Waals surface area (Å²) in [7, 11) is 1.62. The summed E-state index contributed by atoms with van der Waals surface area (Å²) in [6.45, 7) is 2.35. The second-order valence-electron chi connectivity index (χ2n) is 4.42. The summed E-state index contributed by atoms with van der Waals surface area (Å²) < 4.78 is 15.9. The molecular weight excluding hydrogens is 246 g/mol. The van der Waals surface area contributed by atoms with Crippen LogP contribution in [0.1, 0.15) is 5.56 Å². The van der Waals surface area contributed by atoms with Gasteiger partial charge in [-0.2, -0.15) is 0 Å². The van der Waals surface area contributed by atoms with Crippen molar-refractivity contribution in [3.8, 4) is 0 Å². The van der Waals surface area contributed by atoms with Gasteiger partial charge in [-0.05, 0) is 5.56 Å². The van der Waals surface area contributed by atoms with Crippen LogP contribution < -0.4 is 0 Å². The van der Waals surface area contributed by atoms with Crippen molar-refractivity contribution in [1.29, 1.82) is 0 Å². The zero-order valence-corrected chi connectivity index (χ0v) is 11.1. The van der Waals surface area contributed by atoms with Gasteiger partial charge in [-0.15, -0.1) is 0 Å². The van der Waals surface area contributed by atoms with Crippen molar-refractivity contribution < 1.29 is 19.0 Å². The Morgan fingerprint density at radius 3 is 2.95 bits per heavy atom. The summed E-state index contributed by atoms with van der Waals surface area (Å²) in [4.78, 5) is 13.6. The summed E-state index contributed by atoms with van der Waals surface area (Å²) in [6.07, 6.45) is -0.414. The second-order valence-corrected chi connectivity index (χ2v) is 4.42. The summed E-state index contributed by atoms with van der Waals surface area (Å²) in [6, 6.07) is 9.63. The second kappa shape index (κ2) is 7.11. The Balaban J connectivity index is 1.84. The van der Waals surface area contributed by atoms with Crippen molar-refractivity contribution in [2.45, 2.75) is 12.7 Å². The number of benzene rings is 1. The van der Waals surface area contributed by atoms with Crippen LogP contribution in [0, 0.1) is 0 Å². The average Bonchev–Trinajstić information content (AvgIpc) is 2.71. The first-order valence-electron chi connectivity index (χ1n) is 6.36. The molecule has 1 aliphatic rings. The first-order chi connectivity index (χ1) is 9.29. The van der Waals surface area contributed by atoms with E-state index in [1.54, 1.807) is 12.0 Å². The van der Waals surface area contributed by atoms with Crippen LogP contribution >= 0.6 is 0 Å². The number of hydrogen-bond acceptors (Lipinski definition) is 4. The van der Waals surface area contributed by atoms with E-state index in [9.17, 15) is 4.79 Å². The maximum atomic E-state index is 12.0. The largest absolute Gasteiger partial charge is 0.445 e. The van der Waals surface area contributed by atoms with Crippen LogP contribution in [0.5, 0.6) is 0 Å². The highest BCUT2D eigenvalue weighted by molar-refractivity contribution is 5.67. The molecule has 104 valence electrons. The molecule has 1 unspecified atom stereocenters. The van der Waals surface area contributed by atoms with Gasteiger partial charge in [0.05, 0.1) is 25.9 Å². The van der Waals surface area contributed by atoms with E-state index in [0.717, 1.165) is 5.56 Å². The molecule has 1 aromatic rings. The molecule has 0 bridgehead atoms. The van der Waals surface area contributed by atoms with Gasteiger partial charge < -0.3 is 19.1 Å². The molecule has 1 fully saturated rings. The van der Waals surface area contributed by atoms with Crippen molar-refractivity contribution >= 4 is 6.09 Å². The van der Waals surface area contributed by atoms with Crippen molar-refractivity contribution in [2.75, 3.05) is 33.4 Å². The minimum atomic E-state index is -0.323. The van der Waals surface area contributed by atoms with Gasteiger partial charge >= 0.3 is 6.09 Å². The molecule has 1 aliphatic heterocycles. The summed E-state index contributed by atoms with van der Waals surface area (Å²) in [5.41, 5.74) is 0.977. The van der Waals surface area contributed by atoms with Crippen molar-refractivity contribution in [3.63, 3.8) is 0 Å². The molecule has 5 nitrogen and oxygen atoms in total. The van der Waals surface area contributed by atoms with Gasteiger partial charge in [0.1, 0.15) is 6.61 Å². The SMILES string of the molecule is COC1COCCN(C(=O)OCc2ccccc2)C1. The van der Waals surface area contributed by atoms with E-state index in [4.69, 9.17) is 14.2 Å². The van der Waals surface area contributed by atoms with E-state index < -0.39 is 0 Å².